The van der Waals surface area contributed by atoms with Crippen LogP contribution < -0.4 is 10.5 Å². The summed E-state index contributed by atoms with van der Waals surface area (Å²) in [6, 6.07) is 12.9. The van der Waals surface area contributed by atoms with Gasteiger partial charge in [-0.1, -0.05) is 24.3 Å². The predicted molar refractivity (Wildman–Crippen MR) is 70.4 cm³/mol. The van der Waals surface area contributed by atoms with Gasteiger partial charge in [0, 0.05) is 5.56 Å². The lowest BCUT2D eigenvalue weighted by molar-refractivity contribution is 0.472. The minimum atomic E-state index is -0.176. The number of hydrogen-bond acceptors (Lipinski definition) is 2. The normalized spacial score (nSPS) is 12.2. The third-order valence-corrected chi connectivity index (χ3v) is 2.91. The highest BCUT2D eigenvalue weighted by molar-refractivity contribution is 5.45. The molecule has 0 aliphatic carbocycles. The molecule has 0 unspecified atom stereocenters. The second kappa shape index (κ2) is 5.65. The van der Waals surface area contributed by atoms with Gasteiger partial charge in [-0.3, -0.25) is 0 Å². The topological polar surface area (TPSA) is 35.2 Å². The van der Waals surface area contributed by atoms with Crippen LogP contribution in [0.15, 0.2) is 42.5 Å². The number of benzene rings is 2. The van der Waals surface area contributed by atoms with E-state index in [2.05, 4.69) is 5.73 Å². The van der Waals surface area contributed by atoms with Gasteiger partial charge in [-0.15, -0.1) is 0 Å². The Morgan fingerprint density at radius 1 is 0.944 bits per heavy atom. The summed E-state index contributed by atoms with van der Waals surface area (Å²) in [6.45, 7) is 0. The number of halogens is 1. The molecule has 2 N–H and O–H groups in total. The van der Waals surface area contributed by atoms with Crippen LogP contribution in [0.2, 0.25) is 0 Å². The van der Waals surface area contributed by atoms with Crippen LogP contribution in [0, 0.1) is 5.82 Å². The number of nitrogens with two attached hydrogens (primary N) is 1. The van der Waals surface area contributed by atoms with Gasteiger partial charge in [-0.2, -0.15) is 0 Å². The van der Waals surface area contributed by atoms with Gasteiger partial charge in [0.15, 0.2) is 0 Å². The molecule has 2 aromatic rings. The molecule has 0 saturated heterocycles. The number of hydrogen-bond donors (Lipinski definition) is 1. The van der Waals surface area contributed by atoms with Crippen LogP contribution in [0.1, 0.15) is 11.1 Å². The Morgan fingerprint density at radius 2 is 1.67 bits per heavy atom. The molecule has 94 valence electrons. The second-order valence-electron chi connectivity index (χ2n) is 3.93. The van der Waals surface area contributed by atoms with Crippen LogP contribution in [-0.2, 0) is 12.8 Å². The van der Waals surface area contributed by atoms with Crippen LogP contribution >= 0.6 is 0 Å². The molecule has 0 bridgehead atoms. The molecule has 1 aliphatic heterocycles. The molecular weight excluding hydrogens is 229 g/mol. The van der Waals surface area contributed by atoms with Crippen LogP contribution in [-0.4, -0.2) is 7.05 Å². The van der Waals surface area contributed by atoms with Crippen molar-refractivity contribution in [2.75, 3.05) is 7.05 Å². The van der Waals surface area contributed by atoms with Crippen LogP contribution in [0.5, 0.6) is 11.5 Å². The molecule has 0 amide bonds. The van der Waals surface area contributed by atoms with Crippen molar-refractivity contribution >= 4 is 0 Å². The summed E-state index contributed by atoms with van der Waals surface area (Å²) < 4.78 is 19.3. The molecule has 0 radical (unpaired) electrons. The fourth-order valence-corrected chi connectivity index (χ4v) is 2.07. The maximum absolute atomic E-state index is 13.6. The molecule has 3 rings (SSSR count). The highest BCUT2D eigenvalue weighted by Crippen LogP contribution is 2.34. The first kappa shape index (κ1) is 12.6. The maximum Gasteiger partial charge on any atom is 0.133 e. The minimum absolute atomic E-state index is 0.176. The summed E-state index contributed by atoms with van der Waals surface area (Å²) in [6.07, 6.45) is 1.52. The van der Waals surface area contributed by atoms with Crippen molar-refractivity contribution in [3.05, 3.63) is 59.4 Å². The van der Waals surface area contributed by atoms with Crippen molar-refractivity contribution in [1.29, 1.82) is 0 Å². The maximum atomic E-state index is 13.6. The first-order chi connectivity index (χ1) is 8.84. The SMILES string of the molecule is CN.Fc1cccc2c1CCc1ccccc1O2. The lowest BCUT2D eigenvalue weighted by Crippen LogP contribution is -1.92. The van der Waals surface area contributed by atoms with Crippen LogP contribution in [0.25, 0.3) is 0 Å². The highest BCUT2D eigenvalue weighted by Gasteiger charge is 2.16. The molecule has 2 aromatic carbocycles. The second-order valence-corrected chi connectivity index (χ2v) is 3.93. The molecule has 0 aromatic heterocycles. The Hall–Kier alpha value is -1.87. The Bertz CT molecular complexity index is 540. The Kier molecular flexibility index (Phi) is 3.95. The monoisotopic (exact) mass is 245 g/mol. The van der Waals surface area contributed by atoms with Crippen molar-refractivity contribution in [3.63, 3.8) is 0 Å². The van der Waals surface area contributed by atoms with Gasteiger partial charge >= 0.3 is 0 Å². The van der Waals surface area contributed by atoms with Gasteiger partial charge < -0.3 is 10.5 Å². The summed E-state index contributed by atoms with van der Waals surface area (Å²) >= 11 is 0. The molecule has 0 atom stereocenters. The number of fused-ring (bicyclic) bond motifs is 2. The van der Waals surface area contributed by atoms with Gasteiger partial charge in [0.1, 0.15) is 17.3 Å². The third-order valence-electron chi connectivity index (χ3n) is 2.91. The van der Waals surface area contributed by atoms with Crippen LogP contribution in [0.3, 0.4) is 0 Å². The lowest BCUT2D eigenvalue weighted by Gasteiger charge is -2.08. The molecule has 18 heavy (non-hydrogen) atoms. The highest BCUT2D eigenvalue weighted by atomic mass is 19.1. The van der Waals surface area contributed by atoms with Crippen molar-refractivity contribution in [3.8, 4) is 11.5 Å². The molecule has 0 fully saturated rings. The number of rotatable bonds is 0. The summed E-state index contributed by atoms with van der Waals surface area (Å²) in [5, 5.41) is 0. The van der Waals surface area contributed by atoms with Gasteiger partial charge in [-0.25, -0.2) is 4.39 Å². The van der Waals surface area contributed by atoms with E-state index in [9.17, 15) is 4.39 Å². The van der Waals surface area contributed by atoms with E-state index in [1.807, 2.05) is 30.3 Å². The number of ether oxygens (including phenoxy) is 1. The summed E-state index contributed by atoms with van der Waals surface area (Å²) in [5.74, 6) is 1.31. The van der Waals surface area contributed by atoms with Gasteiger partial charge in [0.2, 0.25) is 0 Å². The lowest BCUT2D eigenvalue weighted by atomic mass is 10.0. The summed E-state index contributed by atoms with van der Waals surface area (Å²) in [5.41, 5.74) is 6.32. The number of para-hydroxylation sites is 1. The first-order valence-electron chi connectivity index (χ1n) is 5.95. The average Bonchev–Trinajstić information content (AvgIpc) is 2.61. The van der Waals surface area contributed by atoms with Crippen molar-refractivity contribution in [2.24, 2.45) is 5.73 Å². The molecule has 1 heterocycles. The molecule has 2 nitrogen and oxygen atoms in total. The Balaban J connectivity index is 0.000000574. The Labute approximate surface area is 106 Å². The molecule has 1 aliphatic rings. The minimum Gasteiger partial charge on any atom is -0.457 e. The zero-order valence-electron chi connectivity index (χ0n) is 10.3. The zero-order chi connectivity index (χ0) is 13.0. The first-order valence-corrected chi connectivity index (χ1v) is 5.95. The largest absolute Gasteiger partial charge is 0.457 e. The fourth-order valence-electron chi connectivity index (χ4n) is 2.07. The van der Waals surface area contributed by atoms with Gasteiger partial charge in [0.05, 0.1) is 0 Å². The average molecular weight is 245 g/mol. The molecule has 0 saturated carbocycles. The smallest absolute Gasteiger partial charge is 0.133 e. The standard InChI is InChI=1S/C14H11FO.CH5N/c15-12-5-3-7-14-11(12)9-8-10-4-1-2-6-13(10)16-14;1-2/h1-7H,8-9H2;2H2,1H3. The van der Waals surface area contributed by atoms with E-state index in [4.69, 9.17) is 4.74 Å². The zero-order valence-corrected chi connectivity index (χ0v) is 10.3. The third kappa shape index (κ3) is 2.36. The fraction of sp³-hybridized carbons (Fsp3) is 0.200. The van der Waals surface area contributed by atoms with Crippen molar-refractivity contribution < 1.29 is 9.13 Å². The van der Waals surface area contributed by atoms with Crippen molar-refractivity contribution in [1.82, 2.24) is 0 Å². The van der Waals surface area contributed by atoms with Crippen LogP contribution in [0.4, 0.5) is 4.39 Å². The predicted octanol–water partition coefficient (Wildman–Crippen LogP) is 3.29. The van der Waals surface area contributed by atoms with E-state index in [1.165, 1.54) is 13.1 Å². The Morgan fingerprint density at radius 3 is 2.50 bits per heavy atom. The van der Waals surface area contributed by atoms with E-state index in [0.717, 1.165) is 17.7 Å². The summed E-state index contributed by atoms with van der Waals surface area (Å²) in [4.78, 5) is 0. The molecule has 0 spiro atoms. The van der Waals surface area contributed by atoms with E-state index < -0.39 is 0 Å². The van der Waals surface area contributed by atoms with E-state index in [-0.39, 0.29) is 5.82 Å². The van der Waals surface area contributed by atoms with Crippen molar-refractivity contribution in [2.45, 2.75) is 12.8 Å². The van der Waals surface area contributed by atoms with E-state index in [0.29, 0.717) is 17.7 Å². The molecule has 3 heteroatoms. The van der Waals surface area contributed by atoms with E-state index in [1.54, 1.807) is 6.07 Å². The molecular formula is C15H16FNO. The number of aryl methyl sites for hydroxylation is 1. The quantitative estimate of drug-likeness (QED) is 0.773. The van der Waals surface area contributed by atoms with Gasteiger partial charge in [-0.05, 0) is 43.7 Å². The van der Waals surface area contributed by atoms with Gasteiger partial charge in [0.25, 0.3) is 0 Å². The summed E-state index contributed by atoms with van der Waals surface area (Å²) in [7, 11) is 1.50. The van der Waals surface area contributed by atoms with E-state index >= 15 is 0 Å².